The average Bonchev–Trinajstić information content (AvgIpc) is 2.19. The van der Waals surface area contributed by atoms with Crippen LogP contribution in [0.1, 0.15) is 22.3 Å². The first-order chi connectivity index (χ1) is 6.77. The lowest BCUT2D eigenvalue weighted by Gasteiger charge is -1.96. The van der Waals surface area contributed by atoms with Crippen LogP contribution in [0.2, 0.25) is 5.02 Å². The summed E-state index contributed by atoms with van der Waals surface area (Å²) >= 11 is 5.78. The van der Waals surface area contributed by atoms with E-state index in [1.807, 2.05) is 0 Å². The van der Waals surface area contributed by atoms with Gasteiger partial charge in [-0.2, -0.15) is 0 Å². The van der Waals surface area contributed by atoms with Crippen molar-refractivity contribution in [3.05, 3.63) is 34.3 Å². The predicted octanol–water partition coefficient (Wildman–Crippen LogP) is 1.85. The van der Waals surface area contributed by atoms with Gasteiger partial charge < -0.3 is 5.73 Å². The molecule has 0 unspecified atom stereocenters. The van der Waals surface area contributed by atoms with Crippen LogP contribution in [-0.4, -0.2) is 12.8 Å². The molecule has 0 heterocycles. The molecule has 1 aromatic rings. The number of rotatable bonds is 2. The van der Waals surface area contributed by atoms with Crippen LogP contribution < -0.4 is 5.73 Å². The van der Waals surface area contributed by atoms with E-state index in [4.69, 9.17) is 17.3 Å². The van der Waals surface area contributed by atoms with Crippen molar-refractivity contribution >= 4 is 17.9 Å². The number of halogens is 1. The van der Waals surface area contributed by atoms with Crippen LogP contribution in [0, 0.1) is 11.8 Å². The summed E-state index contributed by atoms with van der Waals surface area (Å²) in [7, 11) is 0. The van der Waals surface area contributed by atoms with Crippen molar-refractivity contribution in [1.29, 1.82) is 0 Å². The molecule has 0 aromatic heterocycles. The molecular formula is C11H10ClNO. The standard InChI is InChI=1S/C11H10ClNO/c12-11-5-4-10(8-14)9(7-11)3-1-2-6-13/h4-5,7-8H,2,6,13H2. The molecule has 1 rings (SSSR count). The number of hydrogen-bond donors (Lipinski definition) is 1. The lowest BCUT2D eigenvalue weighted by Crippen LogP contribution is -1.95. The van der Waals surface area contributed by atoms with Crippen molar-refractivity contribution in [2.24, 2.45) is 5.73 Å². The summed E-state index contributed by atoms with van der Waals surface area (Å²) in [6.45, 7) is 0.518. The van der Waals surface area contributed by atoms with E-state index in [0.717, 1.165) is 6.29 Å². The van der Waals surface area contributed by atoms with E-state index < -0.39 is 0 Å². The molecule has 0 saturated heterocycles. The Bertz CT molecular complexity index is 390. The first-order valence-corrected chi connectivity index (χ1v) is 4.59. The van der Waals surface area contributed by atoms with Gasteiger partial charge in [-0.05, 0) is 18.2 Å². The van der Waals surface area contributed by atoms with Crippen molar-refractivity contribution in [2.45, 2.75) is 6.42 Å². The fraction of sp³-hybridized carbons (Fsp3) is 0.182. The third kappa shape index (κ3) is 2.88. The van der Waals surface area contributed by atoms with Gasteiger partial charge in [0.1, 0.15) is 0 Å². The number of nitrogens with two attached hydrogens (primary N) is 1. The summed E-state index contributed by atoms with van der Waals surface area (Å²) in [6.07, 6.45) is 1.38. The summed E-state index contributed by atoms with van der Waals surface area (Å²) in [5.41, 5.74) is 6.50. The Balaban J connectivity index is 3.00. The van der Waals surface area contributed by atoms with E-state index in [9.17, 15) is 4.79 Å². The normalized spacial score (nSPS) is 9.00. The number of carbonyl (C=O) groups is 1. The zero-order valence-corrected chi connectivity index (χ0v) is 8.34. The Kier molecular flexibility index (Phi) is 4.18. The van der Waals surface area contributed by atoms with Gasteiger partial charge in [-0.3, -0.25) is 4.79 Å². The summed E-state index contributed by atoms with van der Waals surface area (Å²) in [5.74, 6) is 5.72. The van der Waals surface area contributed by atoms with Crippen LogP contribution in [0.25, 0.3) is 0 Å². The van der Waals surface area contributed by atoms with Crippen LogP contribution >= 0.6 is 11.6 Å². The molecule has 1 aromatic carbocycles. The smallest absolute Gasteiger partial charge is 0.151 e. The molecule has 72 valence electrons. The third-order valence-corrected chi connectivity index (χ3v) is 1.87. The van der Waals surface area contributed by atoms with Crippen LogP contribution in [0.4, 0.5) is 0 Å². The van der Waals surface area contributed by atoms with Gasteiger partial charge >= 0.3 is 0 Å². The first kappa shape index (κ1) is 10.8. The molecule has 0 fully saturated rings. The predicted molar refractivity (Wildman–Crippen MR) is 57.4 cm³/mol. The van der Waals surface area contributed by atoms with E-state index in [-0.39, 0.29) is 0 Å². The molecule has 0 amide bonds. The molecule has 3 heteroatoms. The van der Waals surface area contributed by atoms with E-state index in [1.54, 1.807) is 18.2 Å². The van der Waals surface area contributed by atoms with Crippen molar-refractivity contribution in [3.8, 4) is 11.8 Å². The molecule has 0 atom stereocenters. The van der Waals surface area contributed by atoms with Crippen molar-refractivity contribution in [2.75, 3.05) is 6.54 Å². The molecule has 2 N–H and O–H groups in total. The molecule has 0 spiro atoms. The quantitative estimate of drug-likeness (QED) is 0.594. The highest BCUT2D eigenvalue weighted by molar-refractivity contribution is 6.30. The zero-order valence-electron chi connectivity index (χ0n) is 7.59. The van der Waals surface area contributed by atoms with Gasteiger partial charge in [0.05, 0.1) is 0 Å². The highest BCUT2D eigenvalue weighted by atomic mass is 35.5. The summed E-state index contributed by atoms with van der Waals surface area (Å²) in [5, 5.41) is 0.577. The highest BCUT2D eigenvalue weighted by Gasteiger charge is 1.98. The number of hydrogen-bond acceptors (Lipinski definition) is 2. The monoisotopic (exact) mass is 207 g/mol. The minimum absolute atomic E-state index is 0.518. The summed E-state index contributed by atoms with van der Waals surface area (Å²) < 4.78 is 0. The topological polar surface area (TPSA) is 43.1 Å². The van der Waals surface area contributed by atoms with E-state index in [1.165, 1.54) is 0 Å². The zero-order chi connectivity index (χ0) is 10.4. The van der Waals surface area contributed by atoms with E-state index >= 15 is 0 Å². The number of aldehydes is 1. The van der Waals surface area contributed by atoms with E-state index in [2.05, 4.69) is 11.8 Å². The molecule has 0 saturated carbocycles. The number of carbonyl (C=O) groups excluding carboxylic acids is 1. The highest BCUT2D eigenvalue weighted by Crippen LogP contribution is 2.13. The fourth-order valence-electron chi connectivity index (χ4n) is 0.969. The van der Waals surface area contributed by atoms with Crippen LogP contribution in [0.3, 0.4) is 0 Å². The first-order valence-electron chi connectivity index (χ1n) is 4.21. The average molecular weight is 208 g/mol. The van der Waals surface area contributed by atoms with Crippen molar-refractivity contribution in [1.82, 2.24) is 0 Å². The molecule has 0 aliphatic heterocycles. The molecule has 0 radical (unpaired) electrons. The van der Waals surface area contributed by atoms with Gasteiger partial charge in [0.2, 0.25) is 0 Å². The Morgan fingerprint density at radius 2 is 2.29 bits per heavy atom. The largest absolute Gasteiger partial charge is 0.330 e. The summed E-state index contributed by atoms with van der Waals surface area (Å²) in [4.78, 5) is 10.6. The lowest BCUT2D eigenvalue weighted by atomic mass is 10.1. The SMILES string of the molecule is NCCC#Cc1cc(Cl)ccc1C=O. The van der Waals surface area contributed by atoms with Gasteiger partial charge in [0, 0.05) is 29.1 Å². The summed E-state index contributed by atoms with van der Waals surface area (Å²) in [6, 6.07) is 5.00. The second-order valence-electron chi connectivity index (χ2n) is 2.69. The van der Waals surface area contributed by atoms with Gasteiger partial charge in [0.15, 0.2) is 6.29 Å². The Morgan fingerprint density at radius 3 is 2.93 bits per heavy atom. The minimum Gasteiger partial charge on any atom is -0.330 e. The van der Waals surface area contributed by atoms with Gasteiger partial charge in [-0.15, -0.1) is 0 Å². The Hall–Kier alpha value is -1.30. The lowest BCUT2D eigenvalue weighted by molar-refractivity contribution is 0.112. The maximum absolute atomic E-state index is 10.6. The number of benzene rings is 1. The molecule has 0 aliphatic rings. The Labute approximate surface area is 88.1 Å². The minimum atomic E-state index is 0.518. The molecular weight excluding hydrogens is 198 g/mol. The van der Waals surface area contributed by atoms with Crippen LogP contribution in [0.5, 0.6) is 0 Å². The molecule has 0 bridgehead atoms. The second kappa shape index (κ2) is 5.43. The molecule has 0 aliphatic carbocycles. The van der Waals surface area contributed by atoms with Gasteiger partial charge in [-0.25, -0.2) is 0 Å². The van der Waals surface area contributed by atoms with Gasteiger partial charge in [-0.1, -0.05) is 23.4 Å². The maximum atomic E-state index is 10.6. The second-order valence-corrected chi connectivity index (χ2v) is 3.13. The third-order valence-electron chi connectivity index (χ3n) is 1.63. The van der Waals surface area contributed by atoms with E-state index in [0.29, 0.717) is 29.1 Å². The van der Waals surface area contributed by atoms with Crippen molar-refractivity contribution < 1.29 is 4.79 Å². The Morgan fingerprint density at radius 1 is 1.50 bits per heavy atom. The van der Waals surface area contributed by atoms with Crippen LogP contribution in [0.15, 0.2) is 18.2 Å². The van der Waals surface area contributed by atoms with Crippen LogP contribution in [-0.2, 0) is 0 Å². The van der Waals surface area contributed by atoms with Crippen molar-refractivity contribution in [3.63, 3.8) is 0 Å². The molecule has 2 nitrogen and oxygen atoms in total. The molecule has 14 heavy (non-hydrogen) atoms. The van der Waals surface area contributed by atoms with Gasteiger partial charge in [0.25, 0.3) is 0 Å². The maximum Gasteiger partial charge on any atom is 0.151 e. The fourth-order valence-corrected chi connectivity index (χ4v) is 1.14.